The molecule has 1 fully saturated rings. The molecule has 1 aromatic rings. The summed E-state index contributed by atoms with van der Waals surface area (Å²) in [6.07, 6.45) is 1.44. The molecule has 1 aromatic carbocycles. The van der Waals surface area contributed by atoms with Crippen LogP contribution >= 0.6 is 0 Å². The number of carbonyl (C=O) groups is 2. The Bertz CT molecular complexity index is 554. The van der Waals surface area contributed by atoms with Crippen LogP contribution in [0.2, 0.25) is 0 Å². The molecule has 0 bridgehead atoms. The summed E-state index contributed by atoms with van der Waals surface area (Å²) >= 11 is 0. The maximum atomic E-state index is 12.5. The van der Waals surface area contributed by atoms with E-state index in [1.807, 2.05) is 6.07 Å². The zero-order chi connectivity index (χ0) is 14.8. The van der Waals surface area contributed by atoms with Crippen molar-refractivity contribution in [3.63, 3.8) is 0 Å². The van der Waals surface area contributed by atoms with E-state index in [0.29, 0.717) is 17.9 Å². The third-order valence-electron chi connectivity index (χ3n) is 3.93. The van der Waals surface area contributed by atoms with Gasteiger partial charge in [0.2, 0.25) is 12.0 Å². The second kappa shape index (κ2) is 5.73. The molecule has 0 aliphatic carbocycles. The number of anilines is 1. The SMILES string of the molecule is O=C(O)C1CN(C(=O)CC2CCCN2)c2ccccc2O1. The largest absolute Gasteiger partial charge is 0.478 e. The maximum Gasteiger partial charge on any atom is 0.346 e. The van der Waals surface area contributed by atoms with Crippen molar-refractivity contribution in [2.24, 2.45) is 0 Å². The van der Waals surface area contributed by atoms with Crippen molar-refractivity contribution in [1.82, 2.24) is 5.32 Å². The normalized spacial score (nSPS) is 24.3. The summed E-state index contributed by atoms with van der Waals surface area (Å²) in [7, 11) is 0. The Hall–Kier alpha value is -2.08. The second-order valence-corrected chi connectivity index (χ2v) is 5.41. The monoisotopic (exact) mass is 290 g/mol. The third-order valence-corrected chi connectivity index (χ3v) is 3.93. The van der Waals surface area contributed by atoms with Crippen molar-refractivity contribution >= 4 is 17.6 Å². The highest BCUT2D eigenvalue weighted by Gasteiger charge is 2.34. The summed E-state index contributed by atoms with van der Waals surface area (Å²) in [6, 6.07) is 7.25. The van der Waals surface area contributed by atoms with Crippen LogP contribution in [0.1, 0.15) is 19.3 Å². The molecule has 2 atom stereocenters. The minimum Gasteiger partial charge on any atom is -0.478 e. The smallest absolute Gasteiger partial charge is 0.346 e. The number of hydrogen-bond donors (Lipinski definition) is 2. The Morgan fingerprint density at radius 3 is 2.90 bits per heavy atom. The zero-order valence-corrected chi connectivity index (χ0v) is 11.6. The second-order valence-electron chi connectivity index (χ2n) is 5.41. The highest BCUT2D eigenvalue weighted by atomic mass is 16.5. The number of ether oxygens (including phenoxy) is 1. The maximum absolute atomic E-state index is 12.5. The van der Waals surface area contributed by atoms with Crippen LogP contribution in [-0.2, 0) is 9.59 Å². The first-order valence-corrected chi connectivity index (χ1v) is 7.17. The van der Waals surface area contributed by atoms with Crippen molar-refractivity contribution in [2.45, 2.75) is 31.4 Å². The lowest BCUT2D eigenvalue weighted by Crippen LogP contribution is -2.48. The van der Waals surface area contributed by atoms with Gasteiger partial charge < -0.3 is 20.1 Å². The van der Waals surface area contributed by atoms with Crippen LogP contribution in [0.3, 0.4) is 0 Å². The highest BCUT2D eigenvalue weighted by Crippen LogP contribution is 2.33. The van der Waals surface area contributed by atoms with Gasteiger partial charge in [-0.25, -0.2) is 4.79 Å². The highest BCUT2D eigenvalue weighted by molar-refractivity contribution is 5.97. The molecular formula is C15H18N2O4. The summed E-state index contributed by atoms with van der Waals surface area (Å²) in [5.41, 5.74) is 0.651. The molecule has 0 radical (unpaired) electrons. The number of hydrogen-bond acceptors (Lipinski definition) is 4. The number of para-hydroxylation sites is 2. The molecule has 6 nitrogen and oxygen atoms in total. The van der Waals surface area contributed by atoms with Crippen LogP contribution < -0.4 is 15.0 Å². The Morgan fingerprint density at radius 2 is 2.19 bits per heavy atom. The van der Waals surface area contributed by atoms with Gasteiger partial charge in [-0.05, 0) is 31.5 Å². The Balaban J connectivity index is 1.81. The number of amides is 1. The molecule has 2 heterocycles. The van der Waals surface area contributed by atoms with Crippen LogP contribution in [0, 0.1) is 0 Å². The first-order chi connectivity index (χ1) is 10.1. The summed E-state index contributed by atoms with van der Waals surface area (Å²) in [5.74, 6) is -0.665. The van der Waals surface area contributed by atoms with E-state index in [4.69, 9.17) is 4.74 Å². The number of rotatable bonds is 3. The molecule has 0 aromatic heterocycles. The average molecular weight is 290 g/mol. The minimum atomic E-state index is -1.05. The molecule has 2 aliphatic rings. The van der Waals surface area contributed by atoms with Crippen LogP contribution in [0.5, 0.6) is 5.75 Å². The molecule has 3 rings (SSSR count). The topological polar surface area (TPSA) is 78.9 Å². The molecular weight excluding hydrogens is 272 g/mol. The quantitative estimate of drug-likeness (QED) is 0.868. The van der Waals surface area contributed by atoms with Crippen LogP contribution in [-0.4, -0.2) is 42.2 Å². The zero-order valence-electron chi connectivity index (χ0n) is 11.6. The lowest BCUT2D eigenvalue weighted by Gasteiger charge is -2.33. The Morgan fingerprint density at radius 1 is 1.38 bits per heavy atom. The molecule has 21 heavy (non-hydrogen) atoms. The molecule has 0 spiro atoms. The summed E-state index contributed by atoms with van der Waals surface area (Å²) in [5, 5.41) is 12.5. The van der Waals surface area contributed by atoms with Gasteiger partial charge in [0, 0.05) is 12.5 Å². The van der Waals surface area contributed by atoms with E-state index in [1.165, 1.54) is 4.90 Å². The number of benzene rings is 1. The predicted octanol–water partition coefficient (Wildman–Crippen LogP) is 1.01. The number of fused-ring (bicyclic) bond motifs is 1. The molecule has 2 aliphatic heterocycles. The van der Waals surface area contributed by atoms with Gasteiger partial charge in [-0.2, -0.15) is 0 Å². The fourth-order valence-electron chi connectivity index (χ4n) is 2.85. The summed E-state index contributed by atoms with van der Waals surface area (Å²) in [4.78, 5) is 25.3. The average Bonchev–Trinajstić information content (AvgIpc) is 2.98. The van der Waals surface area contributed by atoms with Crippen molar-refractivity contribution in [1.29, 1.82) is 0 Å². The molecule has 0 saturated carbocycles. The lowest BCUT2D eigenvalue weighted by molar-refractivity contribution is -0.145. The van der Waals surface area contributed by atoms with Gasteiger partial charge >= 0.3 is 5.97 Å². The lowest BCUT2D eigenvalue weighted by atomic mass is 10.1. The Kier molecular flexibility index (Phi) is 3.79. The van der Waals surface area contributed by atoms with E-state index < -0.39 is 12.1 Å². The van der Waals surface area contributed by atoms with E-state index in [0.717, 1.165) is 19.4 Å². The van der Waals surface area contributed by atoms with Crippen molar-refractivity contribution in [2.75, 3.05) is 18.0 Å². The third kappa shape index (κ3) is 2.85. The van der Waals surface area contributed by atoms with Gasteiger partial charge in [0.15, 0.2) is 0 Å². The van der Waals surface area contributed by atoms with E-state index in [-0.39, 0.29) is 18.5 Å². The van der Waals surface area contributed by atoms with E-state index in [1.54, 1.807) is 18.2 Å². The molecule has 6 heteroatoms. The predicted molar refractivity (Wildman–Crippen MR) is 76.5 cm³/mol. The van der Waals surface area contributed by atoms with Crippen molar-refractivity contribution < 1.29 is 19.4 Å². The van der Waals surface area contributed by atoms with Gasteiger partial charge in [-0.3, -0.25) is 4.79 Å². The van der Waals surface area contributed by atoms with Crippen molar-refractivity contribution in [3.8, 4) is 5.75 Å². The fraction of sp³-hybridized carbons (Fsp3) is 0.467. The minimum absolute atomic E-state index is 0.0535. The van der Waals surface area contributed by atoms with Crippen LogP contribution in [0.15, 0.2) is 24.3 Å². The molecule has 2 unspecified atom stereocenters. The first-order valence-electron chi connectivity index (χ1n) is 7.17. The van der Waals surface area contributed by atoms with E-state index in [2.05, 4.69) is 5.32 Å². The van der Waals surface area contributed by atoms with Crippen LogP contribution in [0.25, 0.3) is 0 Å². The number of aliphatic carboxylic acids is 1. The fourth-order valence-corrected chi connectivity index (χ4v) is 2.85. The van der Waals surface area contributed by atoms with Gasteiger partial charge in [-0.1, -0.05) is 12.1 Å². The van der Waals surface area contributed by atoms with Crippen molar-refractivity contribution in [3.05, 3.63) is 24.3 Å². The van der Waals surface area contributed by atoms with Gasteiger partial charge in [-0.15, -0.1) is 0 Å². The van der Waals surface area contributed by atoms with Gasteiger partial charge in [0.1, 0.15) is 5.75 Å². The van der Waals surface area contributed by atoms with Gasteiger partial charge in [0.25, 0.3) is 0 Å². The first kappa shape index (κ1) is 13.9. The summed E-state index contributed by atoms with van der Waals surface area (Å²) < 4.78 is 5.43. The molecule has 1 amide bonds. The van der Waals surface area contributed by atoms with Crippen LogP contribution in [0.4, 0.5) is 5.69 Å². The number of carbonyl (C=O) groups excluding carboxylic acids is 1. The molecule has 1 saturated heterocycles. The number of carboxylic acid groups (broad SMARTS) is 1. The van der Waals surface area contributed by atoms with E-state index in [9.17, 15) is 14.7 Å². The molecule has 2 N–H and O–H groups in total. The number of carboxylic acids is 1. The molecule has 112 valence electrons. The van der Waals surface area contributed by atoms with E-state index >= 15 is 0 Å². The number of nitrogens with zero attached hydrogens (tertiary/aromatic N) is 1. The Labute approximate surface area is 122 Å². The summed E-state index contributed by atoms with van der Waals surface area (Å²) in [6.45, 7) is 0.993. The van der Waals surface area contributed by atoms with Gasteiger partial charge in [0.05, 0.1) is 12.2 Å². The number of nitrogens with one attached hydrogen (secondary N) is 1. The standard InChI is InChI=1S/C15H18N2O4/c18-14(8-10-4-3-7-16-10)17-9-13(15(19)20)21-12-6-2-1-5-11(12)17/h1-2,5-6,10,13,16H,3-4,7-9H2,(H,19,20).